The standard InChI is InChI=1S/C10H13NO2/c1-11(2,3)9-6-4-5-8(7-9)10(12)13/h4-7H,1-3H3/p+1. The Morgan fingerprint density at radius 2 is 1.92 bits per heavy atom. The Labute approximate surface area is 77.8 Å². The number of aromatic carboxylic acids is 1. The van der Waals surface area contributed by atoms with Crippen LogP contribution >= 0.6 is 0 Å². The van der Waals surface area contributed by atoms with E-state index in [1.807, 2.05) is 27.2 Å². The van der Waals surface area contributed by atoms with Gasteiger partial charge in [0.15, 0.2) is 0 Å². The zero-order chi connectivity index (χ0) is 10.1. The Bertz CT molecular complexity index is 326. The lowest BCUT2D eigenvalue weighted by atomic mass is 10.2. The number of carbonyl (C=O) groups is 1. The lowest BCUT2D eigenvalue weighted by Crippen LogP contribution is -2.34. The zero-order valence-electron chi connectivity index (χ0n) is 8.11. The summed E-state index contributed by atoms with van der Waals surface area (Å²) in [5.41, 5.74) is 1.32. The molecule has 0 unspecified atom stereocenters. The largest absolute Gasteiger partial charge is 0.478 e. The molecule has 1 aromatic carbocycles. The molecule has 0 radical (unpaired) electrons. The molecule has 0 bridgehead atoms. The molecule has 0 aromatic heterocycles. The average Bonchev–Trinajstić information content (AvgIpc) is 2.03. The number of quaternary nitrogens is 1. The molecule has 70 valence electrons. The highest BCUT2D eigenvalue weighted by Crippen LogP contribution is 2.17. The summed E-state index contributed by atoms with van der Waals surface area (Å²) >= 11 is 0. The van der Waals surface area contributed by atoms with Gasteiger partial charge in [-0.15, -0.1) is 0 Å². The number of nitrogens with zero attached hydrogens (tertiary/aromatic N) is 1. The maximum atomic E-state index is 10.7. The second-order valence-corrected chi connectivity index (χ2v) is 3.87. The van der Waals surface area contributed by atoms with Crippen molar-refractivity contribution in [3.63, 3.8) is 0 Å². The van der Waals surface area contributed by atoms with Crippen LogP contribution in [0.2, 0.25) is 0 Å². The SMILES string of the molecule is C[N+](C)(C)c1cccc(C(=O)O)c1. The Kier molecular flexibility index (Phi) is 2.38. The fourth-order valence-electron chi connectivity index (χ4n) is 1.06. The minimum absolute atomic E-state index is 0.338. The number of rotatable bonds is 2. The molecule has 0 atom stereocenters. The van der Waals surface area contributed by atoms with E-state index in [1.54, 1.807) is 18.2 Å². The van der Waals surface area contributed by atoms with Crippen molar-refractivity contribution in [3.8, 4) is 0 Å². The maximum Gasteiger partial charge on any atom is 0.335 e. The van der Waals surface area contributed by atoms with Gasteiger partial charge in [-0.3, -0.25) is 4.48 Å². The molecule has 0 saturated heterocycles. The van der Waals surface area contributed by atoms with Crippen molar-refractivity contribution >= 4 is 11.7 Å². The van der Waals surface area contributed by atoms with Gasteiger partial charge in [0.05, 0.1) is 26.7 Å². The monoisotopic (exact) mass is 180 g/mol. The molecule has 1 rings (SSSR count). The molecule has 0 aliphatic rings. The first-order valence-electron chi connectivity index (χ1n) is 4.06. The minimum atomic E-state index is -0.879. The summed E-state index contributed by atoms with van der Waals surface area (Å²) in [6.45, 7) is 0. The lowest BCUT2D eigenvalue weighted by molar-refractivity contribution is 0.0697. The van der Waals surface area contributed by atoms with Gasteiger partial charge in [0.25, 0.3) is 0 Å². The highest BCUT2D eigenvalue weighted by molar-refractivity contribution is 5.88. The van der Waals surface area contributed by atoms with Crippen LogP contribution in [-0.4, -0.2) is 32.2 Å². The van der Waals surface area contributed by atoms with Gasteiger partial charge in [0.2, 0.25) is 0 Å². The van der Waals surface area contributed by atoms with Crippen molar-refractivity contribution in [2.45, 2.75) is 0 Å². The Morgan fingerprint density at radius 1 is 1.31 bits per heavy atom. The first-order valence-corrected chi connectivity index (χ1v) is 4.06. The number of hydrogen-bond acceptors (Lipinski definition) is 1. The van der Waals surface area contributed by atoms with E-state index in [1.165, 1.54) is 0 Å². The molecular weight excluding hydrogens is 166 g/mol. The summed E-state index contributed by atoms with van der Waals surface area (Å²) in [5.74, 6) is -0.879. The molecule has 0 spiro atoms. The first kappa shape index (κ1) is 9.74. The van der Waals surface area contributed by atoms with E-state index >= 15 is 0 Å². The van der Waals surface area contributed by atoms with Crippen molar-refractivity contribution in [2.24, 2.45) is 0 Å². The van der Waals surface area contributed by atoms with E-state index in [4.69, 9.17) is 5.11 Å². The molecule has 0 fully saturated rings. The second kappa shape index (κ2) is 3.18. The van der Waals surface area contributed by atoms with Crippen LogP contribution in [0.4, 0.5) is 5.69 Å². The topological polar surface area (TPSA) is 37.3 Å². The van der Waals surface area contributed by atoms with Gasteiger partial charge in [-0.1, -0.05) is 6.07 Å². The summed E-state index contributed by atoms with van der Waals surface area (Å²) in [7, 11) is 6.00. The molecule has 3 nitrogen and oxygen atoms in total. The van der Waals surface area contributed by atoms with Crippen LogP contribution in [0.1, 0.15) is 10.4 Å². The highest BCUT2D eigenvalue weighted by Gasteiger charge is 2.13. The van der Waals surface area contributed by atoms with Crippen molar-refractivity contribution in [2.75, 3.05) is 21.1 Å². The minimum Gasteiger partial charge on any atom is -0.478 e. The zero-order valence-corrected chi connectivity index (χ0v) is 8.11. The van der Waals surface area contributed by atoms with Crippen LogP contribution < -0.4 is 4.48 Å². The summed E-state index contributed by atoms with van der Waals surface area (Å²) in [6, 6.07) is 6.98. The smallest absolute Gasteiger partial charge is 0.335 e. The van der Waals surface area contributed by atoms with Crippen LogP contribution in [0.25, 0.3) is 0 Å². The van der Waals surface area contributed by atoms with Crippen LogP contribution in [0.3, 0.4) is 0 Å². The van der Waals surface area contributed by atoms with E-state index in [9.17, 15) is 4.79 Å². The third kappa shape index (κ3) is 2.29. The van der Waals surface area contributed by atoms with Gasteiger partial charge in [0, 0.05) is 6.07 Å². The van der Waals surface area contributed by atoms with E-state index in [0.717, 1.165) is 5.69 Å². The summed E-state index contributed by atoms with van der Waals surface area (Å²) in [5, 5.41) is 8.77. The van der Waals surface area contributed by atoms with Gasteiger partial charge in [-0.2, -0.15) is 0 Å². The molecule has 0 heterocycles. The van der Waals surface area contributed by atoms with Crippen LogP contribution in [0.5, 0.6) is 0 Å². The Morgan fingerprint density at radius 3 is 2.38 bits per heavy atom. The average molecular weight is 180 g/mol. The summed E-state index contributed by atoms with van der Waals surface area (Å²) in [4.78, 5) is 10.7. The van der Waals surface area contributed by atoms with Crippen molar-refractivity contribution in [3.05, 3.63) is 29.8 Å². The molecule has 13 heavy (non-hydrogen) atoms. The molecule has 1 N–H and O–H groups in total. The quantitative estimate of drug-likeness (QED) is 0.701. The maximum absolute atomic E-state index is 10.7. The summed E-state index contributed by atoms with van der Waals surface area (Å²) < 4.78 is 0.626. The third-order valence-corrected chi connectivity index (χ3v) is 1.87. The predicted molar refractivity (Wildman–Crippen MR) is 53.0 cm³/mol. The second-order valence-electron chi connectivity index (χ2n) is 3.87. The number of carboxylic acid groups (broad SMARTS) is 1. The molecule has 0 aliphatic heterocycles. The van der Waals surface area contributed by atoms with E-state index in [-0.39, 0.29) is 0 Å². The van der Waals surface area contributed by atoms with Crippen LogP contribution in [0.15, 0.2) is 24.3 Å². The van der Waals surface area contributed by atoms with Gasteiger partial charge < -0.3 is 5.11 Å². The molecule has 0 aliphatic carbocycles. The van der Waals surface area contributed by atoms with Crippen molar-refractivity contribution < 1.29 is 9.90 Å². The number of hydrogen-bond donors (Lipinski definition) is 1. The molecule has 0 saturated carbocycles. The third-order valence-electron chi connectivity index (χ3n) is 1.87. The van der Waals surface area contributed by atoms with Gasteiger partial charge in [-0.25, -0.2) is 4.79 Å². The first-order chi connectivity index (χ1) is 5.91. The number of carboxylic acids is 1. The van der Waals surface area contributed by atoms with Crippen molar-refractivity contribution in [1.82, 2.24) is 4.48 Å². The van der Waals surface area contributed by atoms with Crippen molar-refractivity contribution in [1.29, 1.82) is 0 Å². The van der Waals surface area contributed by atoms with Gasteiger partial charge >= 0.3 is 5.97 Å². The van der Waals surface area contributed by atoms with Crippen LogP contribution in [-0.2, 0) is 0 Å². The van der Waals surface area contributed by atoms with Gasteiger partial charge in [-0.05, 0) is 12.1 Å². The van der Waals surface area contributed by atoms with E-state index < -0.39 is 5.97 Å². The lowest BCUT2D eigenvalue weighted by Gasteiger charge is -2.23. The normalized spacial score (nSPS) is 11.3. The highest BCUT2D eigenvalue weighted by atomic mass is 16.4. The van der Waals surface area contributed by atoms with E-state index in [2.05, 4.69) is 0 Å². The Balaban J connectivity index is 3.13. The molecule has 3 heteroatoms. The van der Waals surface area contributed by atoms with Gasteiger partial charge in [0.1, 0.15) is 5.69 Å². The fraction of sp³-hybridized carbons (Fsp3) is 0.300. The summed E-state index contributed by atoms with van der Waals surface area (Å²) in [6.07, 6.45) is 0. The molecule has 0 amide bonds. The Hall–Kier alpha value is -1.35. The van der Waals surface area contributed by atoms with Crippen LogP contribution in [0, 0.1) is 0 Å². The molecular formula is C10H14NO2+. The van der Waals surface area contributed by atoms with E-state index in [0.29, 0.717) is 10.0 Å². The molecule has 1 aromatic rings. The predicted octanol–water partition coefficient (Wildman–Crippen LogP) is 1.58. The number of benzene rings is 1. The fourth-order valence-corrected chi connectivity index (χ4v) is 1.06.